The van der Waals surface area contributed by atoms with Gasteiger partial charge in [-0.1, -0.05) is 170 Å². The van der Waals surface area contributed by atoms with E-state index in [9.17, 15) is 0 Å². The average molecular weight is 1110 g/mol. The van der Waals surface area contributed by atoms with E-state index in [-0.39, 0.29) is 92.4 Å². The van der Waals surface area contributed by atoms with Crippen molar-refractivity contribution in [2.24, 2.45) is 20.5 Å². The first-order valence-electron chi connectivity index (χ1n) is 16.8. The first-order valence-corrected chi connectivity index (χ1v) is 16.8. The van der Waals surface area contributed by atoms with Crippen molar-refractivity contribution in [2.75, 3.05) is 0 Å². The van der Waals surface area contributed by atoms with Gasteiger partial charge < -0.3 is 0 Å². The molecule has 0 fully saturated rings. The van der Waals surface area contributed by atoms with Crippen LogP contribution in [0.4, 0.5) is 0 Å². The molecule has 0 spiro atoms. The van der Waals surface area contributed by atoms with Crippen molar-refractivity contribution < 1.29 is 124 Å². The molecule has 0 heterocycles. The zero-order valence-electron chi connectivity index (χ0n) is 36.6. The van der Waals surface area contributed by atoms with Crippen molar-refractivity contribution >= 4 is 24.3 Å². The second-order valence-corrected chi connectivity index (χ2v) is 10.0. The number of azo groups is 2. The Balaban J connectivity index is -0.0000000924. The van der Waals surface area contributed by atoms with Crippen LogP contribution in [0.2, 0.25) is 0 Å². The first kappa shape index (κ1) is 97.7. The predicted octanol–water partition coefficient (Wildman–Crippen LogP) is 9.80. The van der Waals surface area contributed by atoms with Crippen LogP contribution < -0.4 is 0 Å². The van der Waals surface area contributed by atoms with Crippen LogP contribution in [0, 0.1) is 79.8 Å². The van der Waals surface area contributed by atoms with Gasteiger partial charge >= 0.3 is 136 Å². The number of hydrogen-bond donors (Lipinski definition) is 0. The fourth-order valence-electron chi connectivity index (χ4n) is 4.06. The summed E-state index contributed by atoms with van der Waals surface area (Å²) in [6.45, 7) is 58.1. The topological polar surface area (TPSA) is 288 Å². The Hall–Kier alpha value is -6.00. The Morgan fingerprint density at radius 3 is 0.600 bits per heavy atom. The predicted molar refractivity (Wildman–Crippen MR) is 225 cm³/mol. The van der Waals surface area contributed by atoms with E-state index in [1.165, 1.54) is 0 Å². The van der Waals surface area contributed by atoms with E-state index in [4.69, 9.17) is 66.1 Å². The molecule has 0 aliphatic carbocycles. The van der Waals surface area contributed by atoms with Crippen molar-refractivity contribution in [1.82, 2.24) is 0 Å². The monoisotopic (exact) mass is 1110 g/mol. The molecular formula is C50H38Fe4N4O12. The SMILES string of the molecule is C[C@H](/C=C/c1ccccc1)N=N[C@@H](/C=C/c1ccccc1)[C@@H](/C=C/c1ccccc1)N=N[C@@H](C)/C=C/c1ccccc1.[C-]#[O+].[C-]#[O+].[C-]#[O+].[C-]#[O+].[C-]#[O+].[C-]#[O+].[C-]#[O+].[C-]#[O+].[C-]#[O+].[C-]#[O+].[C-]#[O+].[C-]#[O+].[Fe].[Fe].[Fe].[Fe]. The molecule has 362 valence electrons. The van der Waals surface area contributed by atoms with Crippen LogP contribution in [0.5, 0.6) is 0 Å². The third kappa shape index (κ3) is 64.1. The van der Waals surface area contributed by atoms with E-state index in [2.05, 4.69) is 187 Å². The molecule has 20 heteroatoms. The van der Waals surface area contributed by atoms with Crippen LogP contribution in [-0.2, 0) is 124 Å². The number of hydrogen-bond acceptors (Lipinski definition) is 4. The zero-order chi connectivity index (χ0) is 53.2. The number of benzene rings is 4. The summed E-state index contributed by atoms with van der Waals surface area (Å²) in [5.41, 5.74) is 4.46. The van der Waals surface area contributed by atoms with Crippen molar-refractivity contribution in [3.8, 4) is 0 Å². The molecule has 0 unspecified atom stereocenters. The molecule has 0 N–H and O–H groups in total. The second kappa shape index (κ2) is 96.9. The van der Waals surface area contributed by atoms with Crippen LogP contribution >= 0.6 is 0 Å². The zero-order valence-corrected chi connectivity index (χ0v) is 41.0. The van der Waals surface area contributed by atoms with Gasteiger partial charge in [-0.25, -0.2) is 0 Å². The van der Waals surface area contributed by atoms with Crippen LogP contribution in [0.25, 0.3) is 24.3 Å². The van der Waals surface area contributed by atoms with E-state index in [0.717, 1.165) is 22.3 Å². The van der Waals surface area contributed by atoms with E-state index >= 15 is 0 Å². The van der Waals surface area contributed by atoms with Gasteiger partial charge in [0.05, 0.1) is 12.1 Å². The Labute approximate surface area is 451 Å². The second-order valence-electron chi connectivity index (χ2n) is 10.0. The van der Waals surface area contributed by atoms with Gasteiger partial charge in [-0.2, -0.15) is 20.5 Å². The average Bonchev–Trinajstić information content (AvgIpc) is 3.45. The van der Waals surface area contributed by atoms with Gasteiger partial charge in [-0.3, -0.25) is 0 Å². The summed E-state index contributed by atoms with van der Waals surface area (Å²) in [7, 11) is 0. The van der Waals surface area contributed by atoms with Crippen molar-refractivity contribution in [1.29, 1.82) is 0 Å². The van der Waals surface area contributed by atoms with E-state index in [1.807, 2.05) is 86.6 Å². The maximum Gasteiger partial charge on any atom is 0 e. The minimum Gasteiger partial charge on any atom is 0 e. The largest absolute Gasteiger partial charge is 0 e. The molecule has 0 radical (unpaired) electrons. The summed E-state index contributed by atoms with van der Waals surface area (Å²) in [6, 6.07) is 40.0. The van der Waals surface area contributed by atoms with Gasteiger partial charge in [0.2, 0.25) is 0 Å². The summed E-state index contributed by atoms with van der Waals surface area (Å²) in [5.74, 6) is 0. The molecule has 0 aliphatic rings. The fraction of sp³-hybridized carbons (Fsp3) is 0.120. The fourth-order valence-corrected chi connectivity index (χ4v) is 4.06. The molecule has 4 aromatic carbocycles. The van der Waals surface area contributed by atoms with E-state index < -0.39 is 0 Å². The van der Waals surface area contributed by atoms with Crippen LogP contribution in [0.1, 0.15) is 36.1 Å². The maximum atomic E-state index is 7.50. The molecule has 0 aliphatic heterocycles. The first-order chi connectivity index (χ1) is 32.7. The summed E-state index contributed by atoms with van der Waals surface area (Å²) >= 11 is 0. The normalized spacial score (nSPS) is 9.57. The molecule has 70 heavy (non-hydrogen) atoms. The standard InChI is InChI=1S/C38H38N4.12CO.4Fe/c1-31(23-25-33-15-7-3-8-16-33)39-41-37(29-27-35-19-11-5-12-20-35)38(30-28-36-21-13-6-14-22-36)42-40-32(2)24-26-34-17-9-4-10-18-34;12*1-2;;;;/h3-32,37-38H,1-2H3;;;;;;;;;;;;;;;;/b25-23+,26-24+,29-27+,30-28+,41-39?,42-40?;;;;;;;;;;;;;;;;/t31-,32+,37+,38-;;;;;;;;;;;;;;;;. The van der Waals surface area contributed by atoms with Gasteiger partial charge in [-0.05, 0) is 36.1 Å². The third-order valence-electron chi connectivity index (χ3n) is 6.42. The molecule has 0 aromatic heterocycles. The smallest absolute Gasteiger partial charge is 0 e. The Kier molecular flexibility index (Phi) is 135. The Morgan fingerprint density at radius 1 is 0.271 bits per heavy atom. The maximum absolute atomic E-state index is 7.50. The molecule has 0 saturated carbocycles. The van der Waals surface area contributed by atoms with Gasteiger partial charge in [-0.15, -0.1) is 0 Å². The Bertz CT molecular complexity index is 1870. The van der Waals surface area contributed by atoms with Crippen molar-refractivity contribution in [3.63, 3.8) is 0 Å². The molecule has 4 aromatic rings. The quantitative estimate of drug-likeness (QED) is 0.0523. The van der Waals surface area contributed by atoms with E-state index in [0.29, 0.717) is 0 Å². The minimum atomic E-state index is -0.341. The molecule has 0 saturated heterocycles. The van der Waals surface area contributed by atoms with Gasteiger partial charge in [0.15, 0.2) is 0 Å². The summed E-state index contributed by atoms with van der Waals surface area (Å²) in [4.78, 5) is 0. The molecule has 0 bridgehead atoms. The van der Waals surface area contributed by atoms with Gasteiger partial charge in [0.25, 0.3) is 0 Å². The molecule has 16 nitrogen and oxygen atoms in total. The van der Waals surface area contributed by atoms with Crippen LogP contribution in [0.15, 0.2) is 166 Å². The molecule has 0 amide bonds. The summed E-state index contributed by atoms with van der Waals surface area (Å²) < 4.78 is 90.0. The van der Waals surface area contributed by atoms with Crippen molar-refractivity contribution in [3.05, 3.63) is 248 Å². The molecule has 4 atom stereocenters. The molecular weight excluding hydrogens is 1070 g/mol. The van der Waals surface area contributed by atoms with Gasteiger partial charge in [0.1, 0.15) is 12.1 Å². The van der Waals surface area contributed by atoms with E-state index in [1.54, 1.807) is 0 Å². The van der Waals surface area contributed by atoms with Crippen molar-refractivity contribution in [2.45, 2.75) is 38.0 Å². The summed E-state index contributed by atoms with van der Waals surface area (Å²) in [5, 5.41) is 18.9. The van der Waals surface area contributed by atoms with Crippen LogP contribution in [0.3, 0.4) is 0 Å². The van der Waals surface area contributed by atoms with Crippen LogP contribution in [-0.4, -0.2) is 24.2 Å². The van der Waals surface area contributed by atoms with Gasteiger partial charge in [0, 0.05) is 68.3 Å². The molecule has 4 rings (SSSR count). The third-order valence-corrected chi connectivity index (χ3v) is 6.42. The number of rotatable bonds is 13. The Morgan fingerprint density at radius 2 is 0.429 bits per heavy atom. The summed E-state index contributed by atoms with van der Waals surface area (Å²) in [6.07, 6.45) is 16.5. The number of nitrogens with zero attached hydrogens (tertiary/aromatic N) is 4. The minimum absolute atomic E-state index is 0.